The van der Waals surface area contributed by atoms with Crippen molar-refractivity contribution in [1.82, 2.24) is 15.5 Å². The van der Waals surface area contributed by atoms with E-state index in [0.717, 1.165) is 17.7 Å². The maximum atomic E-state index is 12.5. The van der Waals surface area contributed by atoms with Crippen molar-refractivity contribution in [3.8, 4) is 0 Å². The molecule has 0 heterocycles. The van der Waals surface area contributed by atoms with Gasteiger partial charge in [-0.3, -0.25) is 14.5 Å². The molecule has 2 aromatic rings. The summed E-state index contributed by atoms with van der Waals surface area (Å²) in [7, 11) is 1.57. The van der Waals surface area contributed by atoms with Crippen LogP contribution in [-0.4, -0.2) is 36.9 Å². The summed E-state index contributed by atoms with van der Waals surface area (Å²) in [5.41, 5.74) is 1.92. The second kappa shape index (κ2) is 9.59. The molecule has 0 saturated carbocycles. The van der Waals surface area contributed by atoms with Crippen molar-refractivity contribution in [2.45, 2.75) is 19.5 Å². The summed E-state index contributed by atoms with van der Waals surface area (Å²) in [6, 6.07) is 18.6. The second-order valence-electron chi connectivity index (χ2n) is 5.81. The fourth-order valence-electron chi connectivity index (χ4n) is 2.62. The van der Waals surface area contributed by atoms with Crippen molar-refractivity contribution in [2.24, 2.45) is 0 Å². The molecule has 2 aromatic carbocycles. The highest BCUT2D eigenvalue weighted by molar-refractivity contribution is 5.89. The zero-order valence-electron chi connectivity index (χ0n) is 14.7. The van der Waals surface area contributed by atoms with Crippen LogP contribution in [-0.2, 0) is 16.1 Å². The summed E-state index contributed by atoms with van der Waals surface area (Å²) < 4.78 is 0. The van der Waals surface area contributed by atoms with E-state index in [4.69, 9.17) is 0 Å². The van der Waals surface area contributed by atoms with Crippen LogP contribution < -0.4 is 10.6 Å². The lowest BCUT2D eigenvalue weighted by molar-refractivity contribution is -0.129. The maximum Gasteiger partial charge on any atom is 0.246 e. The maximum absolute atomic E-state index is 12.5. The molecular weight excluding hydrogens is 314 g/mol. The van der Waals surface area contributed by atoms with Crippen molar-refractivity contribution in [3.63, 3.8) is 0 Å². The number of hydrogen-bond donors (Lipinski definition) is 2. The zero-order valence-corrected chi connectivity index (χ0v) is 14.7. The van der Waals surface area contributed by atoms with Crippen molar-refractivity contribution in [1.29, 1.82) is 0 Å². The number of nitrogens with one attached hydrogen (secondary N) is 2. The van der Waals surface area contributed by atoms with E-state index in [-0.39, 0.29) is 18.4 Å². The Kier molecular flexibility index (Phi) is 7.16. The zero-order chi connectivity index (χ0) is 18.1. The van der Waals surface area contributed by atoms with Crippen LogP contribution in [0.4, 0.5) is 0 Å². The van der Waals surface area contributed by atoms with Crippen LogP contribution in [0.2, 0.25) is 0 Å². The molecule has 1 atom stereocenters. The molecule has 0 saturated heterocycles. The molecule has 0 bridgehead atoms. The predicted octanol–water partition coefficient (Wildman–Crippen LogP) is 2.11. The molecule has 2 amide bonds. The first-order valence-corrected chi connectivity index (χ1v) is 8.46. The minimum atomic E-state index is -0.686. The van der Waals surface area contributed by atoms with Gasteiger partial charge in [0.15, 0.2) is 0 Å². The number of hydrogen-bond acceptors (Lipinski definition) is 3. The third kappa shape index (κ3) is 5.72. The Labute approximate surface area is 149 Å². The predicted molar refractivity (Wildman–Crippen MR) is 98.8 cm³/mol. The SMILES string of the molecule is CCN(CC(=O)NC(C(=O)NC)c1ccccc1)Cc1ccccc1. The van der Waals surface area contributed by atoms with Crippen LogP contribution in [0.3, 0.4) is 0 Å². The van der Waals surface area contributed by atoms with Crippen molar-refractivity contribution < 1.29 is 9.59 Å². The van der Waals surface area contributed by atoms with E-state index in [2.05, 4.69) is 10.6 Å². The normalized spacial score (nSPS) is 11.8. The molecule has 2 N–H and O–H groups in total. The molecule has 132 valence electrons. The fourth-order valence-corrected chi connectivity index (χ4v) is 2.62. The molecule has 25 heavy (non-hydrogen) atoms. The van der Waals surface area contributed by atoms with Crippen molar-refractivity contribution in [2.75, 3.05) is 20.1 Å². The smallest absolute Gasteiger partial charge is 0.246 e. The first-order chi connectivity index (χ1) is 12.1. The quantitative estimate of drug-likeness (QED) is 0.774. The number of benzene rings is 2. The van der Waals surface area contributed by atoms with E-state index in [1.165, 1.54) is 0 Å². The van der Waals surface area contributed by atoms with Crippen LogP contribution in [0.5, 0.6) is 0 Å². The molecule has 5 nitrogen and oxygen atoms in total. The minimum absolute atomic E-state index is 0.171. The number of likely N-dealkylation sites (N-methyl/N-ethyl adjacent to an activating group) is 2. The molecule has 2 rings (SSSR count). The number of rotatable bonds is 8. The number of carbonyl (C=O) groups is 2. The topological polar surface area (TPSA) is 61.4 Å². The van der Waals surface area contributed by atoms with E-state index < -0.39 is 6.04 Å². The van der Waals surface area contributed by atoms with Gasteiger partial charge in [0.05, 0.1) is 6.54 Å². The van der Waals surface area contributed by atoms with E-state index in [9.17, 15) is 9.59 Å². The van der Waals surface area contributed by atoms with Gasteiger partial charge >= 0.3 is 0 Å². The molecule has 0 aliphatic heterocycles. The lowest BCUT2D eigenvalue weighted by atomic mass is 10.1. The van der Waals surface area contributed by atoms with Gasteiger partial charge in [-0.2, -0.15) is 0 Å². The van der Waals surface area contributed by atoms with Gasteiger partial charge in [-0.15, -0.1) is 0 Å². The van der Waals surface area contributed by atoms with Gasteiger partial charge in [0, 0.05) is 13.6 Å². The van der Waals surface area contributed by atoms with Gasteiger partial charge in [0.2, 0.25) is 11.8 Å². The molecule has 0 radical (unpaired) electrons. The first kappa shape index (κ1) is 18.7. The molecule has 0 spiro atoms. The lowest BCUT2D eigenvalue weighted by Gasteiger charge is -2.23. The van der Waals surface area contributed by atoms with Crippen LogP contribution in [0.15, 0.2) is 60.7 Å². The summed E-state index contributed by atoms with van der Waals surface area (Å²) in [6.07, 6.45) is 0. The third-order valence-corrected chi connectivity index (χ3v) is 4.01. The third-order valence-electron chi connectivity index (χ3n) is 4.01. The Morgan fingerprint density at radius 1 is 1.00 bits per heavy atom. The molecule has 0 aliphatic rings. The second-order valence-corrected chi connectivity index (χ2v) is 5.81. The van der Waals surface area contributed by atoms with E-state index >= 15 is 0 Å². The Balaban J connectivity index is 2.01. The van der Waals surface area contributed by atoms with E-state index in [1.807, 2.05) is 72.5 Å². The summed E-state index contributed by atoms with van der Waals surface area (Å²) >= 11 is 0. The van der Waals surface area contributed by atoms with Crippen LogP contribution in [0, 0.1) is 0 Å². The van der Waals surface area contributed by atoms with Gasteiger partial charge in [0.1, 0.15) is 6.04 Å². The Hall–Kier alpha value is -2.66. The fraction of sp³-hybridized carbons (Fsp3) is 0.300. The van der Waals surface area contributed by atoms with Gasteiger partial charge in [-0.1, -0.05) is 67.6 Å². The Morgan fingerprint density at radius 2 is 1.60 bits per heavy atom. The molecule has 0 fully saturated rings. The van der Waals surface area contributed by atoms with Gasteiger partial charge in [-0.25, -0.2) is 0 Å². The Morgan fingerprint density at radius 3 is 2.16 bits per heavy atom. The van der Waals surface area contributed by atoms with Gasteiger partial charge in [0.25, 0.3) is 0 Å². The number of nitrogens with zero attached hydrogens (tertiary/aromatic N) is 1. The standard InChI is InChI=1S/C20H25N3O2/c1-3-23(14-16-10-6-4-7-11-16)15-18(24)22-19(20(25)21-2)17-12-8-5-9-13-17/h4-13,19H,3,14-15H2,1-2H3,(H,21,25)(H,22,24). The highest BCUT2D eigenvalue weighted by Crippen LogP contribution is 2.13. The summed E-state index contributed by atoms with van der Waals surface area (Å²) in [4.78, 5) is 26.7. The Bertz CT molecular complexity index is 674. The van der Waals surface area contributed by atoms with Crippen molar-refractivity contribution >= 4 is 11.8 Å². The molecule has 0 aliphatic carbocycles. The molecule has 5 heteroatoms. The molecular formula is C20H25N3O2. The highest BCUT2D eigenvalue weighted by Gasteiger charge is 2.22. The summed E-state index contributed by atoms with van der Waals surface area (Å²) in [5.74, 6) is -0.402. The number of amides is 2. The van der Waals surface area contributed by atoms with Gasteiger partial charge < -0.3 is 10.6 Å². The highest BCUT2D eigenvalue weighted by atomic mass is 16.2. The average Bonchev–Trinajstić information content (AvgIpc) is 2.66. The lowest BCUT2D eigenvalue weighted by Crippen LogP contribution is -2.43. The largest absolute Gasteiger partial charge is 0.357 e. The average molecular weight is 339 g/mol. The van der Waals surface area contributed by atoms with Crippen LogP contribution in [0.25, 0.3) is 0 Å². The monoisotopic (exact) mass is 339 g/mol. The van der Waals surface area contributed by atoms with E-state index in [0.29, 0.717) is 6.54 Å². The number of carbonyl (C=O) groups excluding carboxylic acids is 2. The van der Waals surface area contributed by atoms with Crippen molar-refractivity contribution in [3.05, 3.63) is 71.8 Å². The summed E-state index contributed by atoms with van der Waals surface area (Å²) in [5, 5.41) is 5.45. The summed E-state index contributed by atoms with van der Waals surface area (Å²) in [6.45, 7) is 3.70. The van der Waals surface area contributed by atoms with Crippen LogP contribution >= 0.6 is 0 Å². The van der Waals surface area contributed by atoms with Crippen LogP contribution in [0.1, 0.15) is 24.1 Å². The minimum Gasteiger partial charge on any atom is -0.357 e. The van der Waals surface area contributed by atoms with Gasteiger partial charge in [-0.05, 0) is 17.7 Å². The molecule has 0 aromatic heterocycles. The van der Waals surface area contributed by atoms with E-state index in [1.54, 1.807) is 7.05 Å². The molecule has 1 unspecified atom stereocenters. The first-order valence-electron chi connectivity index (χ1n) is 8.46.